The summed E-state index contributed by atoms with van der Waals surface area (Å²) in [6, 6.07) is 6.47. The Morgan fingerprint density at radius 2 is 1.95 bits per heavy atom. The van der Waals surface area contributed by atoms with Gasteiger partial charge in [0.25, 0.3) is 5.91 Å². The highest BCUT2D eigenvalue weighted by Gasteiger charge is 2.22. The van der Waals surface area contributed by atoms with Crippen LogP contribution >= 0.6 is 0 Å². The van der Waals surface area contributed by atoms with Crippen LogP contribution in [-0.2, 0) is 4.79 Å². The minimum Gasteiger partial charge on any atom is -0.483 e. The molecule has 1 amide bonds. The van der Waals surface area contributed by atoms with E-state index >= 15 is 0 Å². The van der Waals surface area contributed by atoms with E-state index in [9.17, 15) is 4.79 Å². The summed E-state index contributed by atoms with van der Waals surface area (Å²) in [5.41, 5.74) is 2.22. The lowest BCUT2D eigenvalue weighted by atomic mass is 9.94. The lowest BCUT2D eigenvalue weighted by molar-refractivity contribution is -0.134. The number of carbonyl (C=O) groups excluding carboxylic acids is 1. The van der Waals surface area contributed by atoms with Crippen LogP contribution in [0.1, 0.15) is 43.2 Å². The first-order valence-corrected chi connectivity index (χ1v) is 7.53. The highest BCUT2D eigenvalue weighted by atomic mass is 16.5. The Morgan fingerprint density at radius 3 is 2.65 bits per heavy atom. The van der Waals surface area contributed by atoms with Gasteiger partial charge in [-0.3, -0.25) is 4.79 Å². The number of benzene rings is 1. The average Bonchev–Trinajstić information content (AvgIpc) is 2.48. The third kappa shape index (κ3) is 3.75. The first-order valence-electron chi connectivity index (χ1n) is 7.53. The third-order valence-electron chi connectivity index (χ3n) is 4.21. The minimum atomic E-state index is 0.0813. The summed E-state index contributed by atoms with van der Waals surface area (Å²) in [6.07, 6.45) is 6.04. The number of ether oxygens (including phenoxy) is 1. The summed E-state index contributed by atoms with van der Waals surface area (Å²) in [6.45, 7) is 4.17. The molecule has 110 valence electrons. The van der Waals surface area contributed by atoms with E-state index < -0.39 is 0 Å². The number of amides is 1. The van der Waals surface area contributed by atoms with Gasteiger partial charge >= 0.3 is 0 Å². The van der Waals surface area contributed by atoms with Gasteiger partial charge in [0.2, 0.25) is 0 Å². The van der Waals surface area contributed by atoms with E-state index in [1.54, 1.807) is 0 Å². The highest BCUT2D eigenvalue weighted by molar-refractivity contribution is 5.77. The quantitative estimate of drug-likeness (QED) is 0.842. The van der Waals surface area contributed by atoms with Crippen LogP contribution in [-0.4, -0.2) is 30.5 Å². The monoisotopic (exact) mass is 275 g/mol. The van der Waals surface area contributed by atoms with Crippen molar-refractivity contribution < 1.29 is 9.53 Å². The van der Waals surface area contributed by atoms with Gasteiger partial charge in [0.15, 0.2) is 6.61 Å². The van der Waals surface area contributed by atoms with Crippen LogP contribution in [0.5, 0.6) is 5.75 Å². The summed E-state index contributed by atoms with van der Waals surface area (Å²) in [7, 11) is 1.91. The number of aryl methyl sites for hydroxylation is 2. The third-order valence-corrected chi connectivity index (χ3v) is 4.21. The Balaban J connectivity index is 1.89. The van der Waals surface area contributed by atoms with Gasteiger partial charge in [-0.1, -0.05) is 31.4 Å². The molecule has 1 aromatic carbocycles. The highest BCUT2D eigenvalue weighted by Crippen LogP contribution is 2.22. The molecule has 0 atom stereocenters. The number of carbonyl (C=O) groups is 1. The summed E-state index contributed by atoms with van der Waals surface area (Å²) in [4.78, 5) is 14.1. The van der Waals surface area contributed by atoms with Gasteiger partial charge in [-0.25, -0.2) is 0 Å². The van der Waals surface area contributed by atoms with Gasteiger partial charge in [0, 0.05) is 13.1 Å². The largest absolute Gasteiger partial charge is 0.483 e. The van der Waals surface area contributed by atoms with Crippen molar-refractivity contribution in [2.75, 3.05) is 13.7 Å². The van der Waals surface area contributed by atoms with Crippen LogP contribution in [0.4, 0.5) is 0 Å². The van der Waals surface area contributed by atoms with Gasteiger partial charge < -0.3 is 9.64 Å². The van der Waals surface area contributed by atoms with Crippen LogP contribution in [0.15, 0.2) is 18.2 Å². The molecule has 2 rings (SSSR count). The number of rotatable bonds is 4. The van der Waals surface area contributed by atoms with Crippen molar-refractivity contribution in [2.45, 2.75) is 52.0 Å². The second-order valence-corrected chi connectivity index (χ2v) is 5.85. The molecule has 0 saturated heterocycles. The molecule has 3 nitrogen and oxygen atoms in total. The van der Waals surface area contributed by atoms with Crippen LogP contribution in [0, 0.1) is 13.8 Å². The molecule has 3 heteroatoms. The van der Waals surface area contributed by atoms with Crippen molar-refractivity contribution in [2.24, 2.45) is 0 Å². The maximum Gasteiger partial charge on any atom is 0.260 e. The molecular formula is C17H25NO2. The molecule has 0 spiro atoms. The smallest absolute Gasteiger partial charge is 0.260 e. The van der Waals surface area contributed by atoms with Crippen LogP contribution in [0.3, 0.4) is 0 Å². The van der Waals surface area contributed by atoms with Crippen molar-refractivity contribution in [3.8, 4) is 5.75 Å². The van der Waals surface area contributed by atoms with Crippen molar-refractivity contribution in [1.82, 2.24) is 4.90 Å². The van der Waals surface area contributed by atoms with Crippen molar-refractivity contribution in [3.63, 3.8) is 0 Å². The van der Waals surface area contributed by atoms with Gasteiger partial charge in [-0.15, -0.1) is 0 Å². The fourth-order valence-electron chi connectivity index (χ4n) is 2.78. The number of hydrogen-bond donors (Lipinski definition) is 0. The van der Waals surface area contributed by atoms with Gasteiger partial charge in [0.05, 0.1) is 0 Å². The molecule has 1 aromatic rings. The fourth-order valence-corrected chi connectivity index (χ4v) is 2.78. The molecule has 0 bridgehead atoms. The van der Waals surface area contributed by atoms with Gasteiger partial charge in [0.1, 0.15) is 5.75 Å². The lowest BCUT2D eigenvalue weighted by Crippen LogP contribution is -2.40. The first-order chi connectivity index (χ1) is 9.58. The molecule has 0 N–H and O–H groups in total. The fraction of sp³-hybridized carbons (Fsp3) is 0.588. The molecule has 0 heterocycles. The Bertz CT molecular complexity index is 464. The molecule has 1 aliphatic rings. The standard InChI is InChI=1S/C17H25NO2/c1-13-9-10-14(2)16(11-13)20-12-17(19)18(3)15-7-5-4-6-8-15/h9-11,15H,4-8,12H2,1-3H3. The summed E-state index contributed by atoms with van der Waals surface area (Å²) in [5, 5.41) is 0. The van der Waals surface area contributed by atoms with Crippen molar-refractivity contribution in [3.05, 3.63) is 29.3 Å². The Hall–Kier alpha value is -1.51. The SMILES string of the molecule is Cc1ccc(C)c(OCC(=O)N(C)C2CCCCC2)c1. The second kappa shape index (κ2) is 6.78. The maximum atomic E-state index is 12.2. The second-order valence-electron chi connectivity index (χ2n) is 5.85. The molecule has 0 aliphatic heterocycles. The number of nitrogens with zero attached hydrogens (tertiary/aromatic N) is 1. The maximum absolute atomic E-state index is 12.2. The van der Waals surface area contributed by atoms with Crippen molar-refractivity contribution >= 4 is 5.91 Å². The zero-order chi connectivity index (χ0) is 14.5. The normalized spacial score (nSPS) is 15.9. The van der Waals surface area contributed by atoms with Crippen LogP contribution in [0.25, 0.3) is 0 Å². The molecule has 0 aromatic heterocycles. The lowest BCUT2D eigenvalue weighted by Gasteiger charge is -2.31. The van der Waals surface area contributed by atoms with E-state index in [-0.39, 0.29) is 12.5 Å². The van der Waals surface area contributed by atoms with E-state index in [2.05, 4.69) is 6.07 Å². The van der Waals surface area contributed by atoms with Gasteiger partial charge in [-0.05, 0) is 43.9 Å². The molecule has 0 unspecified atom stereocenters. The molecule has 0 radical (unpaired) electrons. The Morgan fingerprint density at radius 1 is 1.25 bits per heavy atom. The van der Waals surface area contributed by atoms with E-state index in [0.29, 0.717) is 6.04 Å². The van der Waals surface area contributed by atoms with Crippen LogP contribution < -0.4 is 4.74 Å². The number of likely N-dealkylation sites (N-methyl/N-ethyl adjacent to an activating group) is 1. The summed E-state index contributed by atoms with van der Waals surface area (Å²) < 4.78 is 5.70. The van der Waals surface area contributed by atoms with Gasteiger partial charge in [-0.2, -0.15) is 0 Å². The molecule has 1 aliphatic carbocycles. The van der Waals surface area contributed by atoms with Crippen LogP contribution in [0.2, 0.25) is 0 Å². The van der Waals surface area contributed by atoms with E-state index in [0.717, 1.165) is 29.7 Å². The summed E-state index contributed by atoms with van der Waals surface area (Å²) >= 11 is 0. The van der Waals surface area contributed by atoms with E-state index in [1.807, 2.05) is 37.9 Å². The predicted octanol–water partition coefficient (Wildman–Crippen LogP) is 3.47. The molecule has 1 saturated carbocycles. The zero-order valence-electron chi connectivity index (χ0n) is 12.8. The molecule has 20 heavy (non-hydrogen) atoms. The molecular weight excluding hydrogens is 250 g/mol. The average molecular weight is 275 g/mol. The zero-order valence-corrected chi connectivity index (χ0v) is 12.8. The topological polar surface area (TPSA) is 29.5 Å². The molecule has 1 fully saturated rings. The van der Waals surface area contributed by atoms with E-state index in [4.69, 9.17) is 4.74 Å². The minimum absolute atomic E-state index is 0.0813. The van der Waals surface area contributed by atoms with Crippen molar-refractivity contribution in [1.29, 1.82) is 0 Å². The first kappa shape index (κ1) is 14.9. The predicted molar refractivity (Wildman–Crippen MR) is 81.1 cm³/mol. The summed E-state index contributed by atoms with van der Waals surface area (Å²) in [5.74, 6) is 0.896. The van der Waals surface area contributed by atoms with E-state index in [1.165, 1.54) is 19.3 Å². The Kier molecular flexibility index (Phi) is 5.05. The Labute approximate surface area is 121 Å². The number of hydrogen-bond acceptors (Lipinski definition) is 2.